The Morgan fingerprint density at radius 2 is 2.26 bits per heavy atom. The second kappa shape index (κ2) is 5.76. The van der Waals surface area contributed by atoms with Crippen LogP contribution in [0.5, 0.6) is 0 Å². The van der Waals surface area contributed by atoms with Crippen molar-refractivity contribution in [2.75, 3.05) is 6.54 Å². The van der Waals surface area contributed by atoms with Gasteiger partial charge in [0.05, 0.1) is 18.2 Å². The Hall–Kier alpha value is -1.32. The molecular weight excluding hydrogens is 258 g/mol. The third-order valence-electron chi connectivity index (χ3n) is 3.42. The first kappa shape index (κ1) is 12.7. The predicted octanol–water partition coefficient (Wildman–Crippen LogP) is 3.35. The van der Waals surface area contributed by atoms with E-state index in [1.54, 1.807) is 0 Å². The number of imidazole rings is 1. The van der Waals surface area contributed by atoms with E-state index >= 15 is 0 Å². The summed E-state index contributed by atoms with van der Waals surface area (Å²) in [4.78, 5) is 4.25. The molecule has 1 aliphatic carbocycles. The molecule has 0 saturated heterocycles. The van der Waals surface area contributed by atoms with Gasteiger partial charge in [-0.05, 0) is 37.9 Å². The molecule has 0 amide bonds. The monoisotopic (exact) mass is 275 g/mol. The largest absolute Gasteiger partial charge is 0.331 e. The number of hydrogen-bond acceptors (Lipinski definition) is 2. The van der Waals surface area contributed by atoms with E-state index in [1.165, 1.54) is 12.8 Å². The maximum absolute atomic E-state index is 6.04. The number of aryl methyl sites for hydroxylation is 1. The molecule has 1 N–H and O–H groups in total. The van der Waals surface area contributed by atoms with E-state index in [9.17, 15) is 0 Å². The van der Waals surface area contributed by atoms with Gasteiger partial charge in [0.1, 0.15) is 0 Å². The number of halogens is 1. The molecule has 3 rings (SSSR count). The van der Waals surface area contributed by atoms with Gasteiger partial charge in [-0.2, -0.15) is 0 Å². The number of aromatic nitrogens is 2. The summed E-state index contributed by atoms with van der Waals surface area (Å²) in [6, 6.07) is 8.71. The van der Waals surface area contributed by atoms with Gasteiger partial charge in [0.2, 0.25) is 0 Å². The van der Waals surface area contributed by atoms with Gasteiger partial charge in [0.25, 0.3) is 0 Å². The first-order valence-electron chi connectivity index (χ1n) is 6.82. The first-order valence-corrected chi connectivity index (χ1v) is 7.20. The highest BCUT2D eigenvalue weighted by atomic mass is 35.5. The molecule has 0 unspecified atom stereocenters. The Balaban J connectivity index is 1.63. The normalized spacial score (nSPS) is 14.8. The fourth-order valence-electron chi connectivity index (χ4n) is 2.23. The van der Waals surface area contributed by atoms with E-state index in [1.807, 2.05) is 30.7 Å². The SMILES string of the molecule is Clc1cccc(-c2cncn2CCCNC2CC2)c1. The zero-order valence-corrected chi connectivity index (χ0v) is 11.6. The lowest BCUT2D eigenvalue weighted by Gasteiger charge is -2.09. The van der Waals surface area contributed by atoms with Gasteiger partial charge in [-0.15, -0.1) is 0 Å². The van der Waals surface area contributed by atoms with Gasteiger partial charge in [-0.1, -0.05) is 23.7 Å². The van der Waals surface area contributed by atoms with Crippen molar-refractivity contribution in [2.24, 2.45) is 0 Å². The molecule has 3 nitrogen and oxygen atoms in total. The number of rotatable bonds is 6. The zero-order valence-electron chi connectivity index (χ0n) is 10.8. The Morgan fingerprint density at radius 1 is 1.37 bits per heavy atom. The summed E-state index contributed by atoms with van der Waals surface area (Å²) in [5, 5.41) is 4.30. The highest BCUT2D eigenvalue weighted by Crippen LogP contribution is 2.22. The average molecular weight is 276 g/mol. The van der Waals surface area contributed by atoms with Crippen LogP contribution in [0.25, 0.3) is 11.3 Å². The molecule has 0 spiro atoms. The standard InChI is InChI=1S/C15H18ClN3/c16-13-4-1-3-12(9-13)15-10-17-11-19(15)8-2-7-18-14-5-6-14/h1,3-4,9-11,14,18H,2,5-8H2. The molecule has 0 aliphatic heterocycles. The lowest BCUT2D eigenvalue weighted by molar-refractivity contribution is 0.581. The summed E-state index contributed by atoms with van der Waals surface area (Å²) in [5.74, 6) is 0. The third kappa shape index (κ3) is 3.37. The van der Waals surface area contributed by atoms with Crippen molar-refractivity contribution in [3.63, 3.8) is 0 Å². The number of hydrogen-bond donors (Lipinski definition) is 1. The average Bonchev–Trinajstić information content (AvgIpc) is 3.11. The number of benzene rings is 1. The van der Waals surface area contributed by atoms with Gasteiger partial charge in [-0.3, -0.25) is 0 Å². The van der Waals surface area contributed by atoms with E-state index < -0.39 is 0 Å². The molecule has 19 heavy (non-hydrogen) atoms. The van der Waals surface area contributed by atoms with Gasteiger partial charge >= 0.3 is 0 Å². The summed E-state index contributed by atoms with van der Waals surface area (Å²) >= 11 is 6.04. The fourth-order valence-corrected chi connectivity index (χ4v) is 2.42. The molecule has 4 heteroatoms. The van der Waals surface area contributed by atoms with E-state index in [2.05, 4.69) is 20.9 Å². The third-order valence-corrected chi connectivity index (χ3v) is 3.65. The summed E-state index contributed by atoms with van der Waals surface area (Å²) in [6.07, 6.45) is 7.62. The van der Waals surface area contributed by atoms with Gasteiger partial charge in [-0.25, -0.2) is 4.98 Å². The van der Waals surface area contributed by atoms with E-state index in [0.717, 1.165) is 41.8 Å². The minimum absolute atomic E-state index is 0.764. The van der Waals surface area contributed by atoms with E-state index in [-0.39, 0.29) is 0 Å². The minimum atomic E-state index is 0.764. The molecule has 1 fully saturated rings. The highest BCUT2D eigenvalue weighted by molar-refractivity contribution is 6.30. The Labute approximate surface area is 118 Å². The molecule has 1 aliphatic rings. The van der Waals surface area contributed by atoms with Crippen molar-refractivity contribution < 1.29 is 0 Å². The molecule has 2 aromatic rings. The van der Waals surface area contributed by atoms with Crippen LogP contribution in [0, 0.1) is 0 Å². The quantitative estimate of drug-likeness (QED) is 0.820. The van der Waals surface area contributed by atoms with Gasteiger partial charge < -0.3 is 9.88 Å². The van der Waals surface area contributed by atoms with E-state index in [4.69, 9.17) is 11.6 Å². The maximum Gasteiger partial charge on any atom is 0.0950 e. The Morgan fingerprint density at radius 3 is 3.05 bits per heavy atom. The van der Waals surface area contributed by atoms with Crippen LogP contribution in [-0.4, -0.2) is 22.1 Å². The van der Waals surface area contributed by atoms with Crippen molar-refractivity contribution in [2.45, 2.75) is 31.8 Å². The van der Waals surface area contributed by atoms with Crippen LogP contribution in [0.15, 0.2) is 36.8 Å². The second-order valence-electron chi connectivity index (χ2n) is 5.06. The van der Waals surface area contributed by atoms with Crippen molar-refractivity contribution >= 4 is 11.6 Å². The van der Waals surface area contributed by atoms with Crippen LogP contribution in [0.4, 0.5) is 0 Å². The van der Waals surface area contributed by atoms with Crippen molar-refractivity contribution in [3.8, 4) is 11.3 Å². The molecule has 100 valence electrons. The van der Waals surface area contributed by atoms with Crippen molar-refractivity contribution in [1.82, 2.24) is 14.9 Å². The summed E-state index contributed by atoms with van der Waals surface area (Å²) < 4.78 is 2.19. The molecule has 1 saturated carbocycles. The second-order valence-corrected chi connectivity index (χ2v) is 5.50. The topological polar surface area (TPSA) is 29.9 Å². The molecule has 0 bridgehead atoms. The van der Waals surface area contributed by atoms with Crippen LogP contribution in [-0.2, 0) is 6.54 Å². The Kier molecular flexibility index (Phi) is 3.85. The fraction of sp³-hybridized carbons (Fsp3) is 0.400. The lowest BCUT2D eigenvalue weighted by Crippen LogP contribution is -2.18. The van der Waals surface area contributed by atoms with Crippen LogP contribution in [0.2, 0.25) is 5.02 Å². The molecule has 1 aromatic carbocycles. The molecule has 0 radical (unpaired) electrons. The highest BCUT2D eigenvalue weighted by Gasteiger charge is 2.19. The van der Waals surface area contributed by atoms with Crippen LogP contribution in [0.3, 0.4) is 0 Å². The first-order chi connectivity index (χ1) is 9.33. The Bertz CT molecular complexity index is 546. The molecule has 1 heterocycles. The summed E-state index contributed by atoms with van der Waals surface area (Å²) in [5.41, 5.74) is 2.26. The van der Waals surface area contributed by atoms with Gasteiger partial charge in [0.15, 0.2) is 0 Å². The summed E-state index contributed by atoms with van der Waals surface area (Å²) in [7, 11) is 0. The van der Waals surface area contributed by atoms with Gasteiger partial charge in [0, 0.05) is 23.2 Å². The number of nitrogens with zero attached hydrogens (tertiary/aromatic N) is 2. The number of nitrogens with one attached hydrogen (secondary N) is 1. The smallest absolute Gasteiger partial charge is 0.0950 e. The predicted molar refractivity (Wildman–Crippen MR) is 78.3 cm³/mol. The molecule has 1 aromatic heterocycles. The van der Waals surface area contributed by atoms with E-state index in [0.29, 0.717) is 0 Å². The van der Waals surface area contributed by atoms with Crippen LogP contribution < -0.4 is 5.32 Å². The zero-order chi connectivity index (χ0) is 13.1. The van der Waals surface area contributed by atoms with Crippen LogP contribution in [0.1, 0.15) is 19.3 Å². The minimum Gasteiger partial charge on any atom is -0.331 e. The lowest BCUT2D eigenvalue weighted by atomic mass is 10.1. The molecular formula is C15H18ClN3. The maximum atomic E-state index is 6.04. The summed E-state index contributed by atoms with van der Waals surface area (Å²) in [6.45, 7) is 2.07. The van der Waals surface area contributed by atoms with Crippen molar-refractivity contribution in [3.05, 3.63) is 41.8 Å². The van der Waals surface area contributed by atoms with Crippen LogP contribution >= 0.6 is 11.6 Å². The van der Waals surface area contributed by atoms with Crippen molar-refractivity contribution in [1.29, 1.82) is 0 Å². The molecule has 0 atom stereocenters.